The van der Waals surface area contributed by atoms with Crippen molar-refractivity contribution in [2.24, 2.45) is 7.05 Å². The Kier molecular flexibility index (Phi) is 7.57. The monoisotopic (exact) mass is 594 g/mol. The first-order valence-electron chi connectivity index (χ1n) is 15.1. The third kappa shape index (κ3) is 5.32. The largest absolute Gasteiger partial charge is 0.416 e. The molecule has 3 aromatic heterocycles. The van der Waals surface area contributed by atoms with Crippen LogP contribution in [0.15, 0.2) is 84.0 Å². The number of benzene rings is 2. The second-order valence-corrected chi connectivity index (χ2v) is 18.2. The lowest BCUT2D eigenvalue weighted by Crippen LogP contribution is -2.41. The Morgan fingerprint density at radius 2 is 1.74 bits per heavy atom. The van der Waals surface area contributed by atoms with E-state index in [1.165, 1.54) is 5.56 Å². The second kappa shape index (κ2) is 11.1. The van der Waals surface area contributed by atoms with Gasteiger partial charge in [-0.15, -0.1) is 0 Å². The highest BCUT2D eigenvalue weighted by Crippen LogP contribution is 2.40. The Balaban J connectivity index is 1.60. The number of rotatable bonds is 8. The molecule has 0 amide bonds. The van der Waals surface area contributed by atoms with E-state index < -0.39 is 8.32 Å². The van der Waals surface area contributed by atoms with Crippen molar-refractivity contribution in [3.63, 3.8) is 0 Å². The van der Waals surface area contributed by atoms with Crippen LogP contribution in [-0.4, -0.2) is 47.1 Å². The third-order valence-electron chi connectivity index (χ3n) is 9.41. The van der Waals surface area contributed by atoms with Crippen molar-refractivity contribution >= 4 is 19.2 Å². The molecule has 7 nitrogen and oxygen atoms in total. The molecule has 1 fully saturated rings. The van der Waals surface area contributed by atoms with E-state index in [1.807, 2.05) is 42.3 Å². The number of fused-ring (bicyclic) bond motifs is 1. The Bertz CT molecular complexity index is 1820. The molecule has 8 heteroatoms. The first kappa shape index (κ1) is 29.4. The van der Waals surface area contributed by atoms with Gasteiger partial charge in [-0.3, -0.25) is 9.48 Å². The van der Waals surface area contributed by atoms with Crippen molar-refractivity contribution in [3.05, 3.63) is 106 Å². The molecule has 0 aliphatic carbocycles. The van der Waals surface area contributed by atoms with Crippen molar-refractivity contribution in [1.29, 1.82) is 0 Å². The number of pyridine rings is 1. The van der Waals surface area contributed by atoms with Crippen LogP contribution < -0.4 is 5.56 Å². The minimum absolute atomic E-state index is 0.0369. The van der Waals surface area contributed by atoms with Crippen LogP contribution in [0.4, 0.5) is 0 Å². The Morgan fingerprint density at radius 3 is 2.40 bits per heavy atom. The van der Waals surface area contributed by atoms with Crippen molar-refractivity contribution in [1.82, 2.24) is 18.9 Å². The van der Waals surface area contributed by atoms with Gasteiger partial charge in [0.1, 0.15) is 5.52 Å². The van der Waals surface area contributed by atoms with Gasteiger partial charge < -0.3 is 18.3 Å². The van der Waals surface area contributed by atoms with E-state index >= 15 is 0 Å². The van der Waals surface area contributed by atoms with Crippen LogP contribution in [0.5, 0.6) is 0 Å². The summed E-state index contributed by atoms with van der Waals surface area (Å²) in [6, 6.07) is 21.2. The summed E-state index contributed by atoms with van der Waals surface area (Å²) < 4.78 is 18.1. The summed E-state index contributed by atoms with van der Waals surface area (Å²) in [5.74, 6) is -0.0555. The summed E-state index contributed by atoms with van der Waals surface area (Å²) >= 11 is 0. The molecule has 2 aromatic carbocycles. The summed E-state index contributed by atoms with van der Waals surface area (Å²) in [6.07, 6.45) is 5.99. The molecule has 1 aliphatic rings. The molecular weight excluding hydrogens is 552 g/mol. The van der Waals surface area contributed by atoms with Crippen LogP contribution in [0.2, 0.25) is 18.1 Å². The van der Waals surface area contributed by atoms with Crippen LogP contribution in [0.1, 0.15) is 49.4 Å². The summed E-state index contributed by atoms with van der Waals surface area (Å²) in [4.78, 5) is 14.1. The Morgan fingerprint density at radius 1 is 1.05 bits per heavy atom. The van der Waals surface area contributed by atoms with E-state index in [0.29, 0.717) is 25.3 Å². The first-order chi connectivity index (χ1) is 20.5. The van der Waals surface area contributed by atoms with Gasteiger partial charge in [-0.1, -0.05) is 69.3 Å². The zero-order chi connectivity index (χ0) is 30.5. The fourth-order valence-corrected chi connectivity index (χ4v) is 6.62. The highest BCUT2D eigenvalue weighted by molar-refractivity contribution is 6.74. The van der Waals surface area contributed by atoms with Crippen LogP contribution in [-0.2, 0) is 16.2 Å². The molecule has 1 saturated heterocycles. The maximum atomic E-state index is 14.1. The van der Waals surface area contributed by atoms with E-state index in [2.05, 4.69) is 94.0 Å². The topological polar surface area (TPSA) is 63.2 Å². The highest BCUT2D eigenvalue weighted by Gasteiger charge is 2.38. The van der Waals surface area contributed by atoms with Crippen molar-refractivity contribution in [3.8, 4) is 16.9 Å². The zero-order valence-electron chi connectivity index (χ0n) is 26.3. The van der Waals surface area contributed by atoms with Crippen molar-refractivity contribution in [2.45, 2.75) is 57.8 Å². The molecule has 1 atom stereocenters. The standard InChI is InChI=1S/C35H42N4O3Si/c1-24-13-11-12-16-31(24)39-32(26-18-36-38(19-26)27-21-41-22-27)17-28-29(20-37(5)34(40)33(28)39)30(25-14-9-8-10-15-25)23-42-43(6,7)35(2,3)4/h8-20,27,30H,21-23H2,1-7H3. The predicted molar refractivity (Wildman–Crippen MR) is 176 cm³/mol. The fourth-order valence-electron chi connectivity index (χ4n) is 5.60. The van der Waals surface area contributed by atoms with Gasteiger partial charge in [-0.2, -0.15) is 5.10 Å². The van der Waals surface area contributed by atoms with E-state index in [4.69, 9.17) is 14.3 Å². The lowest BCUT2D eigenvalue weighted by atomic mass is 9.91. The molecule has 0 bridgehead atoms. The maximum absolute atomic E-state index is 14.1. The van der Waals surface area contributed by atoms with Gasteiger partial charge in [0, 0.05) is 48.6 Å². The molecule has 0 radical (unpaired) electrons. The fraction of sp³-hybridized carbons (Fsp3) is 0.371. The SMILES string of the molecule is Cc1ccccc1-n1c(-c2cnn(C3COC3)c2)cc2c(C(CO[Si](C)(C)C(C)(C)C)c3ccccc3)cn(C)c(=O)c21. The number of nitrogens with zero attached hydrogens (tertiary/aromatic N) is 4. The number of aromatic nitrogens is 4. The normalized spacial score (nSPS) is 15.1. The van der Waals surface area contributed by atoms with Crippen LogP contribution in [0.3, 0.4) is 0 Å². The van der Waals surface area contributed by atoms with Crippen LogP contribution in [0.25, 0.3) is 27.8 Å². The summed E-state index contributed by atoms with van der Waals surface area (Å²) in [6.45, 7) is 15.4. The summed E-state index contributed by atoms with van der Waals surface area (Å²) in [7, 11) is -0.192. The third-order valence-corrected chi connectivity index (χ3v) is 13.9. The minimum Gasteiger partial charge on any atom is -0.416 e. The molecule has 1 unspecified atom stereocenters. The number of hydrogen-bond donors (Lipinski definition) is 0. The molecule has 6 rings (SSSR count). The van der Waals surface area contributed by atoms with Gasteiger partial charge in [-0.05, 0) is 53.9 Å². The van der Waals surface area contributed by atoms with Crippen molar-refractivity contribution < 1.29 is 9.16 Å². The van der Waals surface area contributed by atoms with Crippen molar-refractivity contribution in [2.75, 3.05) is 19.8 Å². The van der Waals surface area contributed by atoms with E-state index in [1.54, 1.807) is 4.57 Å². The van der Waals surface area contributed by atoms with E-state index in [9.17, 15) is 4.79 Å². The Labute approximate surface area is 254 Å². The number of ether oxygens (including phenoxy) is 1. The minimum atomic E-state index is -2.05. The summed E-state index contributed by atoms with van der Waals surface area (Å²) in [5.41, 5.74) is 6.86. The number of aryl methyl sites for hydroxylation is 2. The number of para-hydroxylation sites is 1. The second-order valence-electron chi connectivity index (χ2n) is 13.3. The Hall–Kier alpha value is -3.72. The zero-order valence-corrected chi connectivity index (χ0v) is 27.3. The van der Waals surface area contributed by atoms with Gasteiger partial charge in [0.15, 0.2) is 8.32 Å². The molecule has 5 aromatic rings. The lowest BCUT2D eigenvalue weighted by Gasteiger charge is -2.37. The van der Waals surface area contributed by atoms with Gasteiger partial charge >= 0.3 is 0 Å². The molecule has 4 heterocycles. The smallest absolute Gasteiger partial charge is 0.275 e. The van der Waals surface area contributed by atoms with Crippen LogP contribution in [0, 0.1) is 6.92 Å². The molecule has 0 spiro atoms. The average Bonchev–Trinajstić information content (AvgIpc) is 3.56. The predicted octanol–water partition coefficient (Wildman–Crippen LogP) is 7.23. The van der Waals surface area contributed by atoms with Crippen LogP contribution >= 0.6 is 0 Å². The molecular formula is C35H42N4O3Si. The van der Waals surface area contributed by atoms with E-state index in [-0.39, 0.29) is 22.6 Å². The van der Waals surface area contributed by atoms with Gasteiger partial charge in [-0.25, -0.2) is 0 Å². The van der Waals surface area contributed by atoms with Gasteiger partial charge in [0.05, 0.1) is 31.1 Å². The van der Waals surface area contributed by atoms with E-state index in [0.717, 1.165) is 33.5 Å². The average molecular weight is 595 g/mol. The number of hydrogen-bond acceptors (Lipinski definition) is 4. The molecule has 0 saturated carbocycles. The highest BCUT2D eigenvalue weighted by atomic mass is 28.4. The molecule has 1 aliphatic heterocycles. The molecule has 0 N–H and O–H groups in total. The van der Waals surface area contributed by atoms with Gasteiger partial charge in [0.2, 0.25) is 0 Å². The van der Waals surface area contributed by atoms with Gasteiger partial charge in [0.25, 0.3) is 5.56 Å². The summed E-state index contributed by atoms with van der Waals surface area (Å²) in [5, 5.41) is 5.71. The molecule has 224 valence electrons. The lowest BCUT2D eigenvalue weighted by molar-refractivity contribution is -0.0286. The maximum Gasteiger partial charge on any atom is 0.275 e. The first-order valence-corrected chi connectivity index (χ1v) is 18.0. The quantitative estimate of drug-likeness (QED) is 0.178. The molecule has 43 heavy (non-hydrogen) atoms.